The van der Waals surface area contributed by atoms with Gasteiger partial charge in [-0.3, -0.25) is 4.57 Å². The van der Waals surface area contributed by atoms with E-state index in [-0.39, 0.29) is 6.10 Å². The maximum absolute atomic E-state index is 12.6. The van der Waals surface area contributed by atoms with Gasteiger partial charge in [-0.2, -0.15) is 0 Å². The van der Waals surface area contributed by atoms with E-state index < -0.39 is 14.0 Å². The third-order valence-electron chi connectivity index (χ3n) is 5.65. The molecule has 0 saturated carbocycles. The lowest BCUT2D eigenvalue weighted by Crippen LogP contribution is -2.22. The number of benzene rings is 2. The lowest BCUT2D eigenvalue weighted by Gasteiger charge is -2.16. The van der Waals surface area contributed by atoms with Gasteiger partial charge in [0.15, 0.2) is 4.88 Å². The number of hydrogen-bond acceptors (Lipinski definition) is 6. The molecule has 2 aromatic carbocycles. The highest BCUT2D eigenvalue weighted by Crippen LogP contribution is 2.38. The lowest BCUT2D eigenvalue weighted by molar-refractivity contribution is 0.0600. The Balaban J connectivity index is 1.66. The predicted octanol–water partition coefficient (Wildman–Crippen LogP) is 8.04. The third-order valence-corrected chi connectivity index (χ3v) is 9.09. The maximum Gasteiger partial charge on any atom is 0.351 e. The standard InChI is InChI=1S/C26H28Cl2N2O4SSi/c1-16(17-8-6-7-9-18(17)27)34-23-14-24(35-25(23)26(31)32-2)30-15-29-20-13-22(19(28)12-21(20)30)33-10-11-36(3,4)5/h6-9,12-16H,10-11H2,1-5H3/t16-/m1/s1. The van der Waals surface area contributed by atoms with E-state index in [1.54, 1.807) is 18.5 Å². The van der Waals surface area contributed by atoms with Crippen molar-refractivity contribution in [1.82, 2.24) is 9.55 Å². The Morgan fingerprint density at radius 1 is 1.11 bits per heavy atom. The number of fused-ring (bicyclic) bond motifs is 1. The van der Waals surface area contributed by atoms with E-state index in [9.17, 15) is 4.79 Å². The highest BCUT2D eigenvalue weighted by Gasteiger charge is 2.23. The molecule has 0 radical (unpaired) electrons. The van der Waals surface area contributed by atoms with Crippen LogP contribution in [-0.4, -0.2) is 37.3 Å². The van der Waals surface area contributed by atoms with Crippen LogP contribution in [-0.2, 0) is 4.74 Å². The number of aromatic nitrogens is 2. The fraction of sp³-hybridized carbons (Fsp3) is 0.308. The Morgan fingerprint density at radius 2 is 1.86 bits per heavy atom. The zero-order valence-corrected chi connectivity index (χ0v) is 24.1. The van der Waals surface area contributed by atoms with E-state index in [1.165, 1.54) is 18.4 Å². The van der Waals surface area contributed by atoms with E-state index in [2.05, 4.69) is 24.6 Å². The SMILES string of the molecule is COC(=O)c1sc(-n2cnc3cc(OCC[Si](C)(C)C)c(Cl)cc32)cc1O[C@H](C)c1ccccc1Cl. The van der Waals surface area contributed by atoms with Crippen LogP contribution in [0.2, 0.25) is 35.7 Å². The zero-order chi connectivity index (χ0) is 26.0. The van der Waals surface area contributed by atoms with Crippen molar-refractivity contribution in [1.29, 1.82) is 0 Å². The van der Waals surface area contributed by atoms with Gasteiger partial charge in [-0.25, -0.2) is 9.78 Å². The molecule has 1 atom stereocenters. The fourth-order valence-corrected chi connectivity index (χ4v) is 5.84. The van der Waals surface area contributed by atoms with Crippen LogP contribution in [0.1, 0.15) is 28.3 Å². The van der Waals surface area contributed by atoms with Crippen molar-refractivity contribution in [2.24, 2.45) is 0 Å². The van der Waals surface area contributed by atoms with E-state index in [4.69, 9.17) is 37.4 Å². The number of hydrogen-bond donors (Lipinski definition) is 0. The predicted molar refractivity (Wildman–Crippen MR) is 149 cm³/mol. The summed E-state index contributed by atoms with van der Waals surface area (Å²) in [4.78, 5) is 17.5. The molecule has 36 heavy (non-hydrogen) atoms. The van der Waals surface area contributed by atoms with Crippen molar-refractivity contribution in [2.75, 3.05) is 13.7 Å². The second kappa shape index (κ2) is 10.8. The van der Waals surface area contributed by atoms with Crippen LogP contribution in [0.3, 0.4) is 0 Å². The van der Waals surface area contributed by atoms with E-state index >= 15 is 0 Å². The number of rotatable bonds is 9. The molecule has 6 nitrogen and oxygen atoms in total. The molecule has 0 N–H and O–H groups in total. The number of esters is 1. The number of carbonyl (C=O) groups is 1. The van der Waals surface area contributed by atoms with Gasteiger partial charge in [0.1, 0.15) is 28.9 Å². The molecule has 0 aliphatic heterocycles. The molecular formula is C26H28Cl2N2O4SSi. The molecule has 4 aromatic rings. The molecule has 190 valence electrons. The molecule has 0 saturated heterocycles. The van der Waals surface area contributed by atoms with Crippen LogP contribution in [0.15, 0.2) is 48.8 Å². The monoisotopic (exact) mass is 562 g/mol. The second-order valence-electron chi connectivity index (χ2n) is 9.60. The fourth-order valence-electron chi connectivity index (χ4n) is 3.63. The number of carbonyl (C=O) groups excluding carboxylic acids is 1. The van der Waals surface area contributed by atoms with Gasteiger partial charge in [0, 0.05) is 30.8 Å². The van der Waals surface area contributed by atoms with Crippen molar-refractivity contribution in [3.63, 3.8) is 0 Å². The van der Waals surface area contributed by atoms with Crippen molar-refractivity contribution in [2.45, 2.75) is 38.7 Å². The first-order chi connectivity index (χ1) is 17.1. The summed E-state index contributed by atoms with van der Waals surface area (Å²) < 4.78 is 19.0. The van der Waals surface area contributed by atoms with E-state index in [1.807, 2.05) is 41.8 Å². The number of thiophene rings is 1. The molecule has 0 spiro atoms. The van der Waals surface area contributed by atoms with Gasteiger partial charge in [0.25, 0.3) is 0 Å². The Morgan fingerprint density at radius 3 is 2.56 bits per heavy atom. The molecule has 0 bridgehead atoms. The molecule has 4 rings (SSSR count). The summed E-state index contributed by atoms with van der Waals surface area (Å²) in [6, 6.07) is 14.0. The summed E-state index contributed by atoms with van der Waals surface area (Å²) in [5.41, 5.74) is 2.35. The normalized spacial score (nSPS) is 12.5. The first-order valence-corrected chi connectivity index (χ1v) is 16.8. The van der Waals surface area contributed by atoms with Crippen LogP contribution in [0.5, 0.6) is 11.5 Å². The first kappa shape index (κ1) is 26.5. The number of nitrogens with zero attached hydrogens (tertiary/aromatic N) is 2. The lowest BCUT2D eigenvalue weighted by atomic mass is 10.1. The highest BCUT2D eigenvalue weighted by molar-refractivity contribution is 7.16. The molecule has 0 aliphatic carbocycles. The average molecular weight is 564 g/mol. The van der Waals surface area contributed by atoms with Gasteiger partial charge in [-0.1, -0.05) is 61.0 Å². The molecule has 10 heteroatoms. The van der Waals surface area contributed by atoms with Crippen LogP contribution in [0.4, 0.5) is 0 Å². The van der Waals surface area contributed by atoms with Crippen molar-refractivity contribution in [3.8, 4) is 16.5 Å². The van der Waals surface area contributed by atoms with Crippen LogP contribution in [0, 0.1) is 0 Å². The van der Waals surface area contributed by atoms with Gasteiger partial charge < -0.3 is 14.2 Å². The minimum atomic E-state index is -1.22. The smallest absolute Gasteiger partial charge is 0.351 e. The molecule has 0 aliphatic rings. The van der Waals surface area contributed by atoms with Gasteiger partial charge in [-0.15, -0.1) is 11.3 Å². The number of methoxy groups -OCH3 is 1. The Hall–Kier alpha value is -2.52. The summed E-state index contributed by atoms with van der Waals surface area (Å²) in [5.74, 6) is 0.549. The summed E-state index contributed by atoms with van der Waals surface area (Å²) in [5, 5.41) is 1.84. The van der Waals surface area contributed by atoms with Crippen molar-refractivity contribution >= 4 is 59.6 Å². The average Bonchev–Trinajstić information content (AvgIpc) is 3.41. The van der Waals surface area contributed by atoms with Gasteiger partial charge >= 0.3 is 5.97 Å². The molecule has 2 heterocycles. The van der Waals surface area contributed by atoms with E-state index in [0.717, 1.165) is 27.6 Å². The number of halogens is 2. The largest absolute Gasteiger partial charge is 0.492 e. The second-order valence-corrected chi connectivity index (χ2v) is 17.1. The molecule has 2 aromatic heterocycles. The molecular weight excluding hydrogens is 535 g/mol. The van der Waals surface area contributed by atoms with Gasteiger partial charge in [-0.05, 0) is 25.1 Å². The summed E-state index contributed by atoms with van der Waals surface area (Å²) in [6.45, 7) is 9.42. The van der Waals surface area contributed by atoms with Crippen LogP contribution < -0.4 is 9.47 Å². The Kier molecular flexibility index (Phi) is 7.99. The zero-order valence-electron chi connectivity index (χ0n) is 20.8. The Bertz CT molecular complexity index is 1400. The van der Waals surface area contributed by atoms with Crippen molar-refractivity contribution < 1.29 is 19.0 Å². The quantitative estimate of drug-likeness (QED) is 0.152. The van der Waals surface area contributed by atoms with Crippen LogP contribution >= 0.6 is 34.5 Å². The molecule has 0 unspecified atom stereocenters. The third kappa shape index (κ3) is 5.89. The van der Waals surface area contributed by atoms with Crippen LogP contribution in [0.25, 0.3) is 16.0 Å². The van der Waals surface area contributed by atoms with Gasteiger partial charge in [0.2, 0.25) is 0 Å². The number of imidazole rings is 1. The van der Waals surface area contributed by atoms with E-state index in [0.29, 0.717) is 33.0 Å². The minimum Gasteiger partial charge on any atom is -0.492 e. The maximum atomic E-state index is 12.6. The summed E-state index contributed by atoms with van der Waals surface area (Å²) in [6.07, 6.45) is 1.32. The molecule has 0 amide bonds. The molecule has 0 fully saturated rings. The van der Waals surface area contributed by atoms with Gasteiger partial charge in [0.05, 0.1) is 29.8 Å². The minimum absolute atomic E-state index is 0.352. The number of ether oxygens (including phenoxy) is 3. The van der Waals surface area contributed by atoms with Crippen molar-refractivity contribution in [3.05, 3.63) is 69.3 Å². The highest BCUT2D eigenvalue weighted by atomic mass is 35.5. The Labute approximate surface area is 225 Å². The summed E-state index contributed by atoms with van der Waals surface area (Å²) >= 11 is 14.2. The summed E-state index contributed by atoms with van der Waals surface area (Å²) in [7, 11) is 0.128. The first-order valence-electron chi connectivity index (χ1n) is 11.5. The topological polar surface area (TPSA) is 62.6 Å².